The summed E-state index contributed by atoms with van der Waals surface area (Å²) in [6.45, 7) is 2.47. The van der Waals surface area contributed by atoms with Crippen molar-refractivity contribution in [2.75, 3.05) is 55.2 Å². The smallest absolute Gasteiger partial charge is 0.203 e. The van der Waals surface area contributed by atoms with Gasteiger partial charge in [0.1, 0.15) is 0 Å². The van der Waals surface area contributed by atoms with Gasteiger partial charge in [-0.15, -0.1) is 0 Å². The van der Waals surface area contributed by atoms with Crippen LogP contribution in [0.4, 0.5) is 0 Å². The van der Waals surface area contributed by atoms with E-state index < -0.39 is 0 Å². The van der Waals surface area contributed by atoms with Crippen LogP contribution in [0, 0.1) is 5.41 Å². The van der Waals surface area contributed by atoms with E-state index >= 15 is 0 Å². The van der Waals surface area contributed by atoms with E-state index in [1.165, 1.54) is 25.7 Å². The fourth-order valence-corrected chi connectivity index (χ4v) is 4.13. The lowest BCUT2D eigenvalue weighted by Gasteiger charge is -2.30. The first-order valence-corrected chi connectivity index (χ1v) is 10.3. The third-order valence-corrected chi connectivity index (χ3v) is 5.83. The number of nitrogens with zero attached hydrogens (tertiary/aromatic N) is 1. The number of benzene rings is 1. The van der Waals surface area contributed by atoms with E-state index in [2.05, 4.69) is 15.6 Å². The van der Waals surface area contributed by atoms with Crippen molar-refractivity contribution in [3.8, 4) is 17.2 Å². The standard InChI is InChI=1S/C22H37N3O4/c1-23-21(25-16-22(13-15-26-2)11-6-7-12-22)24-14-10-17-8-9-18(27-3)20(29-5)19(17)28-4/h8-9H,6-7,10-16H2,1-5H3,(H2,23,24,25). The number of rotatable bonds is 11. The van der Waals surface area contributed by atoms with E-state index in [1.54, 1.807) is 28.4 Å². The first kappa shape index (κ1) is 23.1. The van der Waals surface area contributed by atoms with Crippen molar-refractivity contribution in [2.24, 2.45) is 10.4 Å². The van der Waals surface area contributed by atoms with Crippen LogP contribution < -0.4 is 24.8 Å². The lowest BCUT2D eigenvalue weighted by molar-refractivity contribution is 0.138. The molecule has 1 aliphatic carbocycles. The predicted octanol–water partition coefficient (Wildman–Crippen LogP) is 3.02. The van der Waals surface area contributed by atoms with Crippen molar-refractivity contribution in [3.05, 3.63) is 17.7 Å². The van der Waals surface area contributed by atoms with Crippen LogP contribution in [0.5, 0.6) is 17.2 Å². The van der Waals surface area contributed by atoms with Crippen LogP contribution in [-0.4, -0.2) is 61.1 Å². The summed E-state index contributed by atoms with van der Waals surface area (Å²) in [5, 5.41) is 6.94. The molecule has 7 heteroatoms. The third-order valence-electron chi connectivity index (χ3n) is 5.83. The molecule has 1 saturated carbocycles. The Hall–Kier alpha value is -2.15. The zero-order chi connectivity index (χ0) is 21.1. The Kier molecular flexibility index (Phi) is 9.38. The van der Waals surface area contributed by atoms with Crippen LogP contribution in [0.2, 0.25) is 0 Å². The summed E-state index contributed by atoms with van der Waals surface area (Å²) in [7, 11) is 8.48. The lowest BCUT2D eigenvalue weighted by atomic mass is 9.83. The zero-order valence-electron chi connectivity index (χ0n) is 18.6. The molecule has 0 radical (unpaired) electrons. The highest BCUT2D eigenvalue weighted by atomic mass is 16.5. The van der Waals surface area contributed by atoms with E-state index in [0.717, 1.165) is 44.1 Å². The first-order valence-electron chi connectivity index (χ1n) is 10.3. The van der Waals surface area contributed by atoms with Gasteiger partial charge in [0.2, 0.25) is 5.75 Å². The SMILES string of the molecule is CN=C(NCCc1ccc(OC)c(OC)c1OC)NCC1(CCOC)CCCC1. The van der Waals surface area contributed by atoms with Gasteiger partial charge in [-0.2, -0.15) is 0 Å². The van der Waals surface area contributed by atoms with Crippen LogP contribution in [0.15, 0.2) is 17.1 Å². The maximum absolute atomic E-state index is 5.57. The fourth-order valence-electron chi connectivity index (χ4n) is 4.13. The normalized spacial score (nSPS) is 15.8. The minimum atomic E-state index is 0.320. The van der Waals surface area contributed by atoms with Gasteiger partial charge in [0.25, 0.3) is 0 Å². The van der Waals surface area contributed by atoms with Crippen molar-refractivity contribution in [3.63, 3.8) is 0 Å². The molecule has 1 aromatic carbocycles. The Balaban J connectivity index is 1.91. The maximum Gasteiger partial charge on any atom is 0.203 e. The van der Waals surface area contributed by atoms with Gasteiger partial charge < -0.3 is 29.6 Å². The summed E-state index contributed by atoms with van der Waals surface area (Å²) in [5.41, 5.74) is 1.38. The number of ether oxygens (including phenoxy) is 4. The molecule has 0 aliphatic heterocycles. The van der Waals surface area contributed by atoms with Crippen molar-refractivity contribution >= 4 is 5.96 Å². The topological polar surface area (TPSA) is 73.3 Å². The lowest BCUT2D eigenvalue weighted by Crippen LogP contribution is -2.43. The zero-order valence-corrected chi connectivity index (χ0v) is 18.6. The van der Waals surface area contributed by atoms with Crippen LogP contribution >= 0.6 is 0 Å². The fraction of sp³-hybridized carbons (Fsp3) is 0.682. The number of aliphatic imine (C=N–C) groups is 1. The highest BCUT2D eigenvalue weighted by Gasteiger charge is 2.33. The highest BCUT2D eigenvalue weighted by molar-refractivity contribution is 5.79. The monoisotopic (exact) mass is 407 g/mol. The van der Waals surface area contributed by atoms with Gasteiger partial charge in [-0.05, 0) is 37.2 Å². The molecular weight excluding hydrogens is 370 g/mol. The molecule has 7 nitrogen and oxygen atoms in total. The molecule has 0 unspecified atom stereocenters. The van der Waals surface area contributed by atoms with Crippen LogP contribution in [-0.2, 0) is 11.2 Å². The van der Waals surface area contributed by atoms with Crippen LogP contribution in [0.3, 0.4) is 0 Å². The van der Waals surface area contributed by atoms with Gasteiger partial charge in [-0.25, -0.2) is 0 Å². The van der Waals surface area contributed by atoms with Crippen LogP contribution in [0.25, 0.3) is 0 Å². The van der Waals surface area contributed by atoms with Gasteiger partial charge in [0.15, 0.2) is 17.5 Å². The number of guanidine groups is 1. The molecule has 2 rings (SSSR count). The Morgan fingerprint density at radius 1 is 1.00 bits per heavy atom. The molecule has 1 aromatic rings. The van der Waals surface area contributed by atoms with Gasteiger partial charge in [0.05, 0.1) is 21.3 Å². The first-order chi connectivity index (χ1) is 14.1. The molecule has 0 bridgehead atoms. The summed E-state index contributed by atoms with van der Waals surface area (Å²) < 4.78 is 21.7. The molecule has 0 heterocycles. The molecule has 0 spiro atoms. The number of methoxy groups -OCH3 is 4. The summed E-state index contributed by atoms with van der Waals surface area (Å²) in [5.74, 6) is 2.82. The average molecular weight is 408 g/mol. The summed E-state index contributed by atoms with van der Waals surface area (Å²) >= 11 is 0. The second-order valence-corrected chi connectivity index (χ2v) is 7.55. The molecule has 0 aromatic heterocycles. The van der Waals surface area contributed by atoms with Crippen molar-refractivity contribution < 1.29 is 18.9 Å². The molecule has 164 valence electrons. The molecule has 0 saturated heterocycles. The Morgan fingerprint density at radius 3 is 2.31 bits per heavy atom. The van der Waals surface area contributed by atoms with E-state index in [4.69, 9.17) is 18.9 Å². The van der Waals surface area contributed by atoms with E-state index in [9.17, 15) is 0 Å². The minimum Gasteiger partial charge on any atom is -0.493 e. The Labute approximate surface area is 175 Å². The van der Waals surface area contributed by atoms with Gasteiger partial charge in [-0.1, -0.05) is 18.9 Å². The molecule has 2 N–H and O–H groups in total. The number of hydrogen-bond acceptors (Lipinski definition) is 5. The van der Waals surface area contributed by atoms with E-state index in [0.29, 0.717) is 22.7 Å². The summed E-state index contributed by atoms with van der Waals surface area (Å²) in [6.07, 6.45) is 6.98. The summed E-state index contributed by atoms with van der Waals surface area (Å²) in [6, 6.07) is 3.92. The predicted molar refractivity (Wildman–Crippen MR) is 117 cm³/mol. The van der Waals surface area contributed by atoms with Crippen molar-refractivity contribution in [1.82, 2.24) is 10.6 Å². The summed E-state index contributed by atoms with van der Waals surface area (Å²) in [4.78, 5) is 4.38. The largest absolute Gasteiger partial charge is 0.493 e. The second kappa shape index (κ2) is 11.8. The quantitative estimate of drug-likeness (QED) is 0.434. The van der Waals surface area contributed by atoms with E-state index in [-0.39, 0.29) is 0 Å². The molecule has 1 fully saturated rings. The minimum absolute atomic E-state index is 0.320. The molecule has 1 aliphatic rings. The number of nitrogens with one attached hydrogen (secondary N) is 2. The van der Waals surface area contributed by atoms with Gasteiger partial charge in [-0.3, -0.25) is 4.99 Å². The van der Waals surface area contributed by atoms with Crippen LogP contribution in [0.1, 0.15) is 37.7 Å². The Morgan fingerprint density at radius 2 is 1.72 bits per heavy atom. The molecule has 0 atom stereocenters. The molecule has 0 amide bonds. The van der Waals surface area contributed by atoms with Crippen molar-refractivity contribution in [2.45, 2.75) is 38.5 Å². The average Bonchev–Trinajstić information content (AvgIpc) is 3.23. The molecular formula is C22H37N3O4. The second-order valence-electron chi connectivity index (χ2n) is 7.55. The molecule has 29 heavy (non-hydrogen) atoms. The van der Waals surface area contributed by atoms with Gasteiger partial charge >= 0.3 is 0 Å². The highest BCUT2D eigenvalue weighted by Crippen LogP contribution is 2.41. The third kappa shape index (κ3) is 6.16. The van der Waals surface area contributed by atoms with Crippen molar-refractivity contribution in [1.29, 1.82) is 0 Å². The maximum atomic E-state index is 5.57. The van der Waals surface area contributed by atoms with E-state index in [1.807, 2.05) is 19.2 Å². The van der Waals surface area contributed by atoms with Gasteiger partial charge in [0, 0.05) is 39.4 Å². The Bertz CT molecular complexity index is 658. The number of hydrogen-bond donors (Lipinski definition) is 2.